The van der Waals surface area contributed by atoms with Gasteiger partial charge in [-0.2, -0.15) is 0 Å². The minimum Gasteiger partial charge on any atom is -0.211 e. The molecule has 0 fully saturated rings. The van der Waals surface area contributed by atoms with Crippen LogP contribution in [0.15, 0.2) is 4.99 Å². The summed E-state index contributed by atoms with van der Waals surface area (Å²) in [6.45, 7) is 7.71. The van der Waals surface area contributed by atoms with Crippen molar-refractivity contribution in [3.63, 3.8) is 0 Å². The molecule has 0 radical (unpaired) electrons. The highest BCUT2D eigenvalue weighted by molar-refractivity contribution is 5.32. The molecule has 0 saturated heterocycles. The van der Waals surface area contributed by atoms with Crippen molar-refractivity contribution in [3.8, 4) is 0 Å². The molecule has 0 aromatic rings. The molecule has 0 amide bonds. The third-order valence-corrected chi connectivity index (χ3v) is 5.01. The lowest BCUT2D eigenvalue weighted by Gasteiger charge is -2.17. The summed E-state index contributed by atoms with van der Waals surface area (Å²) in [5.74, 6) is 0. The van der Waals surface area contributed by atoms with E-state index in [2.05, 4.69) is 25.8 Å². The molecule has 2 nitrogen and oxygen atoms in total. The van der Waals surface area contributed by atoms with Gasteiger partial charge in [0.1, 0.15) is 0 Å². The zero-order valence-electron chi connectivity index (χ0n) is 17.6. The second-order valence-electron chi connectivity index (χ2n) is 8.94. The van der Waals surface area contributed by atoms with E-state index >= 15 is 0 Å². The van der Waals surface area contributed by atoms with E-state index in [1.807, 2.05) is 0 Å². The van der Waals surface area contributed by atoms with Crippen LogP contribution in [0.4, 0.5) is 0 Å². The number of nitrogens with zero attached hydrogens (tertiary/aromatic N) is 1. The molecule has 0 spiro atoms. The molecule has 148 valence electrons. The maximum atomic E-state index is 9.91. The topological polar surface area (TPSA) is 29.4 Å². The third kappa shape index (κ3) is 23.4. The first-order valence-electron chi connectivity index (χ1n) is 11.1. The van der Waals surface area contributed by atoms with Gasteiger partial charge in [0, 0.05) is 0 Å². The number of unbranched alkanes of at least 4 members (excludes halogenated alkanes) is 15. The lowest BCUT2D eigenvalue weighted by atomic mass is 9.89. The lowest BCUT2D eigenvalue weighted by molar-refractivity contribution is 0.356. The van der Waals surface area contributed by atoms with Crippen LogP contribution in [0.1, 0.15) is 130 Å². The molecule has 0 saturated carbocycles. The van der Waals surface area contributed by atoms with Gasteiger partial charge in [0.25, 0.3) is 0 Å². The predicted octanol–water partition coefficient (Wildman–Crippen LogP) is 8.00. The summed E-state index contributed by atoms with van der Waals surface area (Å²) in [5.41, 5.74) is 0.520. The number of aliphatic imine (C=N–C) groups is 1. The van der Waals surface area contributed by atoms with E-state index in [4.69, 9.17) is 0 Å². The molecule has 0 aliphatic carbocycles. The van der Waals surface area contributed by atoms with E-state index in [-0.39, 0.29) is 0 Å². The summed E-state index contributed by atoms with van der Waals surface area (Å²) >= 11 is 0. The van der Waals surface area contributed by atoms with Crippen molar-refractivity contribution in [2.75, 3.05) is 6.54 Å². The molecule has 0 rings (SSSR count). The van der Waals surface area contributed by atoms with Crippen LogP contribution in [0.5, 0.6) is 0 Å². The number of carbonyl (C=O) groups excluding carboxylic acids is 1. The molecule has 25 heavy (non-hydrogen) atoms. The predicted molar refractivity (Wildman–Crippen MR) is 111 cm³/mol. The van der Waals surface area contributed by atoms with Gasteiger partial charge >= 0.3 is 0 Å². The quantitative estimate of drug-likeness (QED) is 0.140. The molecule has 0 N–H and O–H groups in total. The molecule has 0 aliphatic heterocycles. The number of hydrogen-bond donors (Lipinski definition) is 0. The maximum absolute atomic E-state index is 9.91. The van der Waals surface area contributed by atoms with E-state index in [1.54, 1.807) is 6.08 Å². The van der Waals surface area contributed by atoms with Gasteiger partial charge < -0.3 is 0 Å². The molecule has 0 aliphatic rings. The fraction of sp³-hybridized carbons (Fsp3) is 0.957. The van der Waals surface area contributed by atoms with Gasteiger partial charge in [-0.05, 0) is 18.3 Å². The second-order valence-corrected chi connectivity index (χ2v) is 8.94. The van der Waals surface area contributed by atoms with Crippen molar-refractivity contribution in [1.82, 2.24) is 0 Å². The first-order valence-corrected chi connectivity index (χ1v) is 11.1. The van der Waals surface area contributed by atoms with Crippen LogP contribution in [0, 0.1) is 5.41 Å². The van der Waals surface area contributed by atoms with E-state index in [0.717, 1.165) is 6.42 Å². The molecule has 2 heteroatoms. The minimum atomic E-state index is 0.520. The van der Waals surface area contributed by atoms with Crippen molar-refractivity contribution >= 4 is 6.08 Å². The largest absolute Gasteiger partial charge is 0.234 e. The van der Waals surface area contributed by atoms with Crippen molar-refractivity contribution in [3.05, 3.63) is 0 Å². The summed E-state index contributed by atoms with van der Waals surface area (Å²) in [6, 6.07) is 0. The van der Waals surface area contributed by atoms with Crippen LogP contribution < -0.4 is 0 Å². The number of rotatable bonds is 18. The van der Waals surface area contributed by atoms with E-state index in [0.29, 0.717) is 12.0 Å². The molecule has 0 unspecified atom stereocenters. The summed E-state index contributed by atoms with van der Waals surface area (Å²) in [6.07, 6.45) is 25.0. The van der Waals surface area contributed by atoms with Crippen molar-refractivity contribution in [2.24, 2.45) is 10.4 Å². The summed E-state index contributed by atoms with van der Waals surface area (Å²) in [4.78, 5) is 13.5. The molecule has 0 heterocycles. The standard InChI is InChI=1S/C23H45NO/c1-23(2,3)20-18-16-14-12-10-8-6-4-5-7-9-11-13-15-17-19-21-24-22-25/h4-21H2,1-3H3. The highest BCUT2D eigenvalue weighted by atomic mass is 16.1. The molecule has 0 aromatic heterocycles. The Balaban J connectivity index is 3.04. The first-order chi connectivity index (χ1) is 12.1. The Morgan fingerprint density at radius 3 is 1.20 bits per heavy atom. The summed E-state index contributed by atoms with van der Waals surface area (Å²) < 4.78 is 0. The maximum Gasteiger partial charge on any atom is 0.234 e. The van der Waals surface area contributed by atoms with Gasteiger partial charge in [-0.15, -0.1) is 0 Å². The van der Waals surface area contributed by atoms with Crippen LogP contribution in [-0.2, 0) is 4.79 Å². The van der Waals surface area contributed by atoms with Gasteiger partial charge in [-0.3, -0.25) is 0 Å². The molecule has 0 atom stereocenters. The summed E-state index contributed by atoms with van der Waals surface area (Å²) in [7, 11) is 0. The van der Waals surface area contributed by atoms with Crippen LogP contribution >= 0.6 is 0 Å². The Bertz CT molecular complexity index is 313. The molecule has 0 bridgehead atoms. The van der Waals surface area contributed by atoms with Crippen molar-refractivity contribution < 1.29 is 4.79 Å². The Labute approximate surface area is 158 Å². The smallest absolute Gasteiger partial charge is 0.211 e. The fourth-order valence-electron chi connectivity index (χ4n) is 3.37. The highest BCUT2D eigenvalue weighted by Crippen LogP contribution is 2.22. The second kappa shape index (κ2) is 18.2. The molecular formula is C23H45NO. The van der Waals surface area contributed by atoms with E-state index in [9.17, 15) is 4.79 Å². The lowest BCUT2D eigenvalue weighted by Crippen LogP contribution is -2.03. The van der Waals surface area contributed by atoms with Crippen LogP contribution in [0.2, 0.25) is 0 Å². The summed E-state index contributed by atoms with van der Waals surface area (Å²) in [5, 5.41) is 0. The molecule has 0 aromatic carbocycles. The minimum absolute atomic E-state index is 0.520. The number of hydrogen-bond acceptors (Lipinski definition) is 2. The fourth-order valence-corrected chi connectivity index (χ4v) is 3.37. The number of isocyanates is 1. The van der Waals surface area contributed by atoms with Crippen LogP contribution in [0.25, 0.3) is 0 Å². The normalized spacial score (nSPS) is 11.5. The zero-order valence-corrected chi connectivity index (χ0v) is 17.6. The Hall–Kier alpha value is -0.620. The van der Waals surface area contributed by atoms with E-state index < -0.39 is 0 Å². The van der Waals surface area contributed by atoms with Gasteiger partial charge in [0.2, 0.25) is 6.08 Å². The van der Waals surface area contributed by atoms with Crippen LogP contribution in [0.3, 0.4) is 0 Å². The highest BCUT2D eigenvalue weighted by Gasteiger charge is 2.08. The SMILES string of the molecule is CC(C)(C)CCCCCCCCCCCCCCCCCCN=C=O. The Kier molecular flexibility index (Phi) is 17.7. The molecular weight excluding hydrogens is 306 g/mol. The van der Waals surface area contributed by atoms with Crippen LogP contribution in [-0.4, -0.2) is 12.6 Å². The zero-order chi connectivity index (χ0) is 18.6. The van der Waals surface area contributed by atoms with Gasteiger partial charge in [0.05, 0.1) is 6.54 Å². The van der Waals surface area contributed by atoms with Gasteiger partial charge in [0.15, 0.2) is 0 Å². The average Bonchev–Trinajstić information content (AvgIpc) is 2.56. The Morgan fingerprint density at radius 1 is 0.560 bits per heavy atom. The average molecular weight is 352 g/mol. The van der Waals surface area contributed by atoms with Crippen molar-refractivity contribution in [2.45, 2.75) is 130 Å². The van der Waals surface area contributed by atoms with E-state index in [1.165, 1.54) is 103 Å². The van der Waals surface area contributed by atoms with Gasteiger partial charge in [-0.1, -0.05) is 117 Å². The first kappa shape index (κ1) is 24.4. The monoisotopic (exact) mass is 351 g/mol. The Morgan fingerprint density at radius 2 is 0.880 bits per heavy atom. The van der Waals surface area contributed by atoms with Gasteiger partial charge in [-0.25, -0.2) is 9.79 Å². The third-order valence-electron chi connectivity index (χ3n) is 5.01. The van der Waals surface area contributed by atoms with Crippen molar-refractivity contribution in [1.29, 1.82) is 0 Å².